The SMILES string of the molecule is CC(C)NC(=NCC1CCS(=O)(=O)C1)NCC1CCCS1.I. The molecule has 130 valence electrons. The highest BCUT2D eigenvalue weighted by Crippen LogP contribution is 2.25. The molecule has 0 saturated carbocycles. The van der Waals surface area contributed by atoms with Crippen LogP contribution in [0.4, 0.5) is 0 Å². The zero-order valence-corrected chi connectivity index (χ0v) is 17.3. The van der Waals surface area contributed by atoms with E-state index in [0.717, 1.165) is 18.9 Å². The quantitative estimate of drug-likeness (QED) is 0.372. The zero-order valence-electron chi connectivity index (χ0n) is 13.4. The highest BCUT2D eigenvalue weighted by atomic mass is 127. The number of hydrogen-bond acceptors (Lipinski definition) is 4. The normalized spacial score (nSPS) is 27.7. The van der Waals surface area contributed by atoms with Crippen LogP contribution in [-0.4, -0.2) is 56.0 Å². The van der Waals surface area contributed by atoms with Gasteiger partial charge < -0.3 is 10.6 Å². The van der Waals surface area contributed by atoms with Crippen LogP contribution in [0, 0.1) is 5.92 Å². The molecule has 2 rings (SSSR count). The van der Waals surface area contributed by atoms with E-state index in [2.05, 4.69) is 29.5 Å². The van der Waals surface area contributed by atoms with Crippen LogP contribution in [0.3, 0.4) is 0 Å². The second-order valence-electron chi connectivity index (χ2n) is 6.27. The number of aliphatic imine (C=N–C) groups is 1. The number of guanidine groups is 1. The second-order valence-corrected chi connectivity index (χ2v) is 9.91. The molecule has 2 atom stereocenters. The van der Waals surface area contributed by atoms with Gasteiger partial charge in [0.05, 0.1) is 11.5 Å². The highest BCUT2D eigenvalue weighted by molar-refractivity contribution is 14.0. The Balaban J connectivity index is 0.00000242. The fourth-order valence-electron chi connectivity index (χ4n) is 2.68. The van der Waals surface area contributed by atoms with Gasteiger partial charge in [0.25, 0.3) is 0 Å². The van der Waals surface area contributed by atoms with Crippen molar-refractivity contribution in [2.45, 2.75) is 44.4 Å². The summed E-state index contributed by atoms with van der Waals surface area (Å²) in [6.45, 7) is 5.70. The number of rotatable bonds is 5. The Labute approximate surface area is 155 Å². The largest absolute Gasteiger partial charge is 0.355 e. The maximum Gasteiger partial charge on any atom is 0.191 e. The number of hydrogen-bond donors (Lipinski definition) is 2. The number of sulfone groups is 1. The highest BCUT2D eigenvalue weighted by Gasteiger charge is 2.27. The van der Waals surface area contributed by atoms with Crippen LogP contribution >= 0.6 is 35.7 Å². The Morgan fingerprint density at radius 1 is 1.36 bits per heavy atom. The van der Waals surface area contributed by atoms with Crippen molar-refractivity contribution < 1.29 is 8.42 Å². The minimum absolute atomic E-state index is 0. The first-order chi connectivity index (χ1) is 9.94. The van der Waals surface area contributed by atoms with Gasteiger partial charge in [-0.15, -0.1) is 24.0 Å². The van der Waals surface area contributed by atoms with E-state index < -0.39 is 9.84 Å². The van der Waals surface area contributed by atoms with E-state index in [1.165, 1.54) is 18.6 Å². The van der Waals surface area contributed by atoms with Crippen molar-refractivity contribution in [3.8, 4) is 0 Å². The summed E-state index contributed by atoms with van der Waals surface area (Å²) >= 11 is 2.02. The van der Waals surface area contributed by atoms with E-state index in [4.69, 9.17) is 0 Å². The minimum atomic E-state index is -2.81. The zero-order chi connectivity index (χ0) is 15.3. The second kappa shape index (κ2) is 9.56. The molecule has 2 unspecified atom stereocenters. The summed E-state index contributed by atoms with van der Waals surface area (Å²) in [5, 5.41) is 7.41. The molecule has 0 bridgehead atoms. The Kier molecular flexibility index (Phi) is 8.84. The molecule has 2 heterocycles. The maximum atomic E-state index is 11.5. The molecule has 2 aliphatic heterocycles. The summed E-state index contributed by atoms with van der Waals surface area (Å²) in [4.78, 5) is 4.59. The van der Waals surface area contributed by atoms with Crippen LogP contribution in [0.25, 0.3) is 0 Å². The standard InChI is InChI=1S/C14H27N3O2S2.HI/c1-11(2)17-14(16-9-13-4-3-6-20-13)15-8-12-5-7-21(18,19)10-12;/h11-13H,3-10H2,1-2H3,(H2,15,16,17);1H. The molecule has 0 amide bonds. The number of halogens is 1. The molecule has 0 aromatic rings. The van der Waals surface area contributed by atoms with Crippen molar-refractivity contribution in [1.82, 2.24) is 10.6 Å². The van der Waals surface area contributed by atoms with Crippen molar-refractivity contribution in [1.29, 1.82) is 0 Å². The Bertz CT molecular complexity index is 463. The van der Waals surface area contributed by atoms with Gasteiger partial charge in [-0.3, -0.25) is 4.99 Å². The molecule has 0 spiro atoms. The van der Waals surface area contributed by atoms with Gasteiger partial charge in [0.2, 0.25) is 0 Å². The van der Waals surface area contributed by atoms with E-state index in [-0.39, 0.29) is 29.9 Å². The molecule has 22 heavy (non-hydrogen) atoms. The molecule has 2 saturated heterocycles. The minimum Gasteiger partial charge on any atom is -0.355 e. The summed E-state index contributed by atoms with van der Waals surface area (Å²) in [6.07, 6.45) is 3.33. The average Bonchev–Trinajstić information content (AvgIpc) is 3.01. The first-order valence-electron chi connectivity index (χ1n) is 7.81. The summed E-state index contributed by atoms with van der Waals surface area (Å²) in [7, 11) is -2.81. The van der Waals surface area contributed by atoms with E-state index in [1.54, 1.807) is 0 Å². The number of nitrogens with one attached hydrogen (secondary N) is 2. The van der Waals surface area contributed by atoms with Crippen molar-refractivity contribution in [3.63, 3.8) is 0 Å². The molecule has 5 nitrogen and oxygen atoms in total. The van der Waals surface area contributed by atoms with Gasteiger partial charge in [-0.25, -0.2) is 8.42 Å². The van der Waals surface area contributed by atoms with Crippen molar-refractivity contribution in [2.24, 2.45) is 10.9 Å². The molecule has 2 N–H and O–H groups in total. The monoisotopic (exact) mass is 461 g/mol. The lowest BCUT2D eigenvalue weighted by Crippen LogP contribution is -2.43. The van der Waals surface area contributed by atoms with Crippen LogP contribution in [0.15, 0.2) is 4.99 Å². The smallest absolute Gasteiger partial charge is 0.191 e. The van der Waals surface area contributed by atoms with E-state index in [0.29, 0.717) is 29.3 Å². The van der Waals surface area contributed by atoms with E-state index in [9.17, 15) is 8.42 Å². The predicted molar refractivity (Wildman–Crippen MR) is 106 cm³/mol. The first kappa shape index (κ1) is 20.3. The lowest BCUT2D eigenvalue weighted by Gasteiger charge is -2.18. The lowest BCUT2D eigenvalue weighted by molar-refractivity contribution is 0.587. The van der Waals surface area contributed by atoms with Gasteiger partial charge in [-0.1, -0.05) is 0 Å². The van der Waals surface area contributed by atoms with Gasteiger partial charge in [0.1, 0.15) is 0 Å². The fraction of sp³-hybridized carbons (Fsp3) is 0.929. The summed E-state index contributed by atoms with van der Waals surface area (Å²) in [5.41, 5.74) is 0. The maximum absolute atomic E-state index is 11.5. The van der Waals surface area contributed by atoms with Crippen LogP contribution in [0.2, 0.25) is 0 Å². The summed E-state index contributed by atoms with van der Waals surface area (Å²) in [5.74, 6) is 2.88. The molecular formula is C14H28IN3O2S2. The van der Waals surface area contributed by atoms with Gasteiger partial charge in [-0.05, 0) is 44.8 Å². The molecule has 0 aromatic carbocycles. The van der Waals surface area contributed by atoms with Crippen molar-refractivity contribution in [3.05, 3.63) is 0 Å². The average molecular weight is 461 g/mol. The van der Waals surface area contributed by atoms with Gasteiger partial charge in [0, 0.05) is 24.4 Å². The van der Waals surface area contributed by atoms with Crippen LogP contribution in [0.5, 0.6) is 0 Å². The van der Waals surface area contributed by atoms with Crippen LogP contribution in [0.1, 0.15) is 33.1 Å². The van der Waals surface area contributed by atoms with Crippen LogP contribution < -0.4 is 10.6 Å². The Morgan fingerprint density at radius 3 is 2.68 bits per heavy atom. The molecule has 2 aliphatic rings. The third kappa shape index (κ3) is 7.25. The van der Waals surface area contributed by atoms with Gasteiger partial charge in [-0.2, -0.15) is 11.8 Å². The summed E-state index contributed by atoms with van der Waals surface area (Å²) < 4.78 is 23.0. The molecule has 0 radical (unpaired) electrons. The molecule has 8 heteroatoms. The van der Waals surface area contributed by atoms with Crippen molar-refractivity contribution >= 4 is 51.5 Å². The summed E-state index contributed by atoms with van der Waals surface area (Å²) in [6, 6.07) is 0.319. The van der Waals surface area contributed by atoms with Gasteiger partial charge >= 0.3 is 0 Å². The third-order valence-corrected chi connectivity index (χ3v) is 7.02. The Hall–Kier alpha value is 0.300. The number of nitrogens with zero attached hydrogens (tertiary/aromatic N) is 1. The third-order valence-electron chi connectivity index (χ3n) is 3.78. The molecule has 0 aliphatic carbocycles. The molecular weight excluding hydrogens is 433 g/mol. The Morgan fingerprint density at radius 2 is 2.14 bits per heavy atom. The molecule has 0 aromatic heterocycles. The first-order valence-corrected chi connectivity index (χ1v) is 10.7. The molecule has 2 fully saturated rings. The van der Waals surface area contributed by atoms with Crippen molar-refractivity contribution in [2.75, 3.05) is 30.3 Å². The van der Waals surface area contributed by atoms with Gasteiger partial charge in [0.15, 0.2) is 15.8 Å². The topological polar surface area (TPSA) is 70.6 Å². The van der Waals surface area contributed by atoms with Crippen LogP contribution in [-0.2, 0) is 9.84 Å². The lowest BCUT2D eigenvalue weighted by atomic mass is 10.1. The fourth-order valence-corrected chi connectivity index (χ4v) is 5.73. The van der Waals surface area contributed by atoms with E-state index in [1.807, 2.05) is 11.8 Å². The van der Waals surface area contributed by atoms with E-state index >= 15 is 0 Å². The predicted octanol–water partition coefficient (Wildman–Crippen LogP) is 1.88. The number of thioether (sulfide) groups is 1.